The summed E-state index contributed by atoms with van der Waals surface area (Å²) in [6.07, 6.45) is 6.51. The minimum atomic E-state index is 0.0175. The van der Waals surface area contributed by atoms with Gasteiger partial charge in [-0.3, -0.25) is 4.79 Å². The Bertz CT molecular complexity index is 668. The summed E-state index contributed by atoms with van der Waals surface area (Å²) in [4.78, 5) is 15.1. The molecule has 2 aliphatic rings. The van der Waals surface area contributed by atoms with Gasteiger partial charge >= 0.3 is 0 Å². The predicted molar refractivity (Wildman–Crippen MR) is 91.8 cm³/mol. The van der Waals surface area contributed by atoms with Gasteiger partial charge in [0.15, 0.2) is 0 Å². The van der Waals surface area contributed by atoms with Crippen LogP contribution in [-0.4, -0.2) is 17.4 Å². The summed E-state index contributed by atoms with van der Waals surface area (Å²) in [6, 6.07) is 20.8. The van der Waals surface area contributed by atoms with Gasteiger partial charge in [-0.05, 0) is 24.0 Å². The van der Waals surface area contributed by atoms with Crippen LogP contribution in [0.5, 0.6) is 0 Å². The Labute approximate surface area is 137 Å². The van der Waals surface area contributed by atoms with E-state index < -0.39 is 0 Å². The first-order valence-electron chi connectivity index (χ1n) is 8.41. The van der Waals surface area contributed by atoms with Crippen molar-refractivity contribution in [3.63, 3.8) is 0 Å². The molecule has 4 rings (SSSR count). The van der Waals surface area contributed by atoms with Gasteiger partial charge < -0.3 is 4.90 Å². The molecule has 116 valence electrons. The molecule has 0 spiro atoms. The second-order valence-electron chi connectivity index (χ2n) is 6.49. The van der Waals surface area contributed by atoms with Crippen LogP contribution in [0.1, 0.15) is 30.0 Å². The van der Waals surface area contributed by atoms with E-state index in [4.69, 9.17) is 0 Å². The maximum absolute atomic E-state index is 13.0. The minimum absolute atomic E-state index is 0.0175. The molecule has 1 aliphatic heterocycles. The summed E-state index contributed by atoms with van der Waals surface area (Å²) in [6.45, 7) is 0.828. The summed E-state index contributed by atoms with van der Waals surface area (Å²) >= 11 is 0. The molecule has 2 aromatic rings. The van der Waals surface area contributed by atoms with E-state index in [0.717, 1.165) is 19.4 Å². The van der Waals surface area contributed by atoms with Gasteiger partial charge in [0.2, 0.25) is 5.91 Å². The molecule has 2 nitrogen and oxygen atoms in total. The van der Waals surface area contributed by atoms with Crippen LogP contribution in [0.4, 0.5) is 0 Å². The predicted octanol–water partition coefficient (Wildman–Crippen LogP) is 4.20. The maximum Gasteiger partial charge on any atom is 0.227 e. The first-order valence-corrected chi connectivity index (χ1v) is 8.41. The Balaban J connectivity index is 1.74. The van der Waals surface area contributed by atoms with Gasteiger partial charge in [-0.15, -0.1) is 0 Å². The minimum Gasteiger partial charge on any atom is -0.331 e. The van der Waals surface area contributed by atoms with Crippen molar-refractivity contribution in [2.24, 2.45) is 11.8 Å². The monoisotopic (exact) mass is 303 g/mol. The van der Waals surface area contributed by atoms with Crippen LogP contribution in [0.3, 0.4) is 0 Å². The molecule has 0 aromatic heterocycles. The average molecular weight is 303 g/mol. The quantitative estimate of drug-likeness (QED) is 0.778. The Morgan fingerprint density at radius 2 is 1.52 bits per heavy atom. The summed E-state index contributed by atoms with van der Waals surface area (Å²) in [5.74, 6) is 0.873. The first kappa shape index (κ1) is 14.3. The molecule has 1 heterocycles. The number of carbonyl (C=O) groups excluding carboxylic acids is 1. The second kappa shape index (κ2) is 6.04. The molecule has 2 heteroatoms. The van der Waals surface area contributed by atoms with Crippen molar-refractivity contribution >= 4 is 5.91 Å². The van der Waals surface area contributed by atoms with Crippen LogP contribution < -0.4 is 0 Å². The maximum atomic E-state index is 13.0. The molecule has 0 saturated carbocycles. The number of hydrogen-bond donors (Lipinski definition) is 0. The molecule has 0 radical (unpaired) electrons. The fourth-order valence-electron chi connectivity index (χ4n) is 3.98. The third-order valence-corrected chi connectivity index (χ3v) is 5.09. The molecule has 2 unspecified atom stereocenters. The highest BCUT2D eigenvalue weighted by molar-refractivity contribution is 5.83. The van der Waals surface area contributed by atoms with Crippen molar-refractivity contribution in [3.05, 3.63) is 83.9 Å². The Morgan fingerprint density at radius 1 is 0.913 bits per heavy atom. The Morgan fingerprint density at radius 3 is 2.09 bits per heavy atom. The largest absolute Gasteiger partial charge is 0.331 e. The zero-order valence-electron chi connectivity index (χ0n) is 13.1. The highest BCUT2D eigenvalue weighted by Gasteiger charge is 2.43. The smallest absolute Gasteiger partial charge is 0.227 e. The zero-order chi connectivity index (χ0) is 15.6. The number of allylic oxidation sites excluding steroid dienone is 1. The standard InChI is InChI=1S/C21H21NO/c23-21-19-14-8-7-13-18(19)15-22(21)20(16-9-3-1-4-10-16)17-11-5-2-6-12-17/h1-7,9-13,18-20H,8,14-15H2. The van der Waals surface area contributed by atoms with Gasteiger partial charge in [0.25, 0.3) is 0 Å². The van der Waals surface area contributed by atoms with Crippen LogP contribution >= 0.6 is 0 Å². The van der Waals surface area contributed by atoms with Gasteiger partial charge in [0.1, 0.15) is 0 Å². The molecule has 0 bridgehead atoms. The van der Waals surface area contributed by atoms with Gasteiger partial charge in [-0.1, -0.05) is 72.8 Å². The number of nitrogens with zero attached hydrogens (tertiary/aromatic N) is 1. The number of carbonyl (C=O) groups is 1. The number of fused-ring (bicyclic) bond motifs is 1. The molecular formula is C21H21NO. The number of likely N-dealkylation sites (tertiary alicyclic amines) is 1. The van der Waals surface area contributed by atoms with Crippen LogP contribution in [0.2, 0.25) is 0 Å². The van der Waals surface area contributed by atoms with E-state index in [1.165, 1.54) is 11.1 Å². The van der Waals surface area contributed by atoms with E-state index in [9.17, 15) is 4.79 Å². The highest BCUT2D eigenvalue weighted by atomic mass is 16.2. The van der Waals surface area contributed by atoms with Crippen LogP contribution in [0.15, 0.2) is 72.8 Å². The van der Waals surface area contributed by atoms with Gasteiger partial charge in [0, 0.05) is 18.4 Å². The zero-order valence-corrected chi connectivity index (χ0v) is 13.1. The Hall–Kier alpha value is -2.35. The number of rotatable bonds is 3. The lowest BCUT2D eigenvalue weighted by atomic mass is 9.87. The SMILES string of the molecule is O=C1C2CCC=CC2CN1C(c1ccccc1)c1ccccc1. The highest BCUT2D eigenvalue weighted by Crippen LogP contribution is 2.40. The summed E-state index contributed by atoms with van der Waals surface area (Å²) in [5.41, 5.74) is 2.38. The Kier molecular flexibility index (Phi) is 3.74. The van der Waals surface area contributed by atoms with Crippen molar-refractivity contribution < 1.29 is 4.79 Å². The van der Waals surface area contributed by atoms with Crippen molar-refractivity contribution in [3.8, 4) is 0 Å². The van der Waals surface area contributed by atoms with E-state index in [0.29, 0.717) is 11.8 Å². The topological polar surface area (TPSA) is 20.3 Å². The third kappa shape index (κ3) is 2.59. The number of amides is 1. The fraction of sp³-hybridized carbons (Fsp3) is 0.286. The van der Waals surface area contributed by atoms with Crippen LogP contribution in [-0.2, 0) is 4.79 Å². The number of hydrogen-bond acceptors (Lipinski definition) is 1. The molecule has 1 fully saturated rings. The first-order chi connectivity index (χ1) is 11.3. The van der Waals surface area contributed by atoms with Crippen molar-refractivity contribution in [2.75, 3.05) is 6.54 Å². The van der Waals surface area contributed by atoms with Crippen molar-refractivity contribution in [1.29, 1.82) is 0 Å². The summed E-state index contributed by atoms with van der Waals surface area (Å²) in [7, 11) is 0. The van der Waals surface area contributed by atoms with Gasteiger partial charge in [-0.25, -0.2) is 0 Å². The number of benzene rings is 2. The van der Waals surface area contributed by atoms with E-state index in [-0.39, 0.29) is 12.0 Å². The van der Waals surface area contributed by atoms with Crippen molar-refractivity contribution in [1.82, 2.24) is 4.90 Å². The van der Waals surface area contributed by atoms with Crippen LogP contribution in [0, 0.1) is 11.8 Å². The molecular weight excluding hydrogens is 282 g/mol. The molecule has 2 atom stereocenters. The summed E-state index contributed by atoms with van der Waals surface area (Å²) < 4.78 is 0. The van der Waals surface area contributed by atoms with Gasteiger partial charge in [-0.2, -0.15) is 0 Å². The fourth-order valence-corrected chi connectivity index (χ4v) is 3.98. The second-order valence-corrected chi connectivity index (χ2v) is 6.49. The molecule has 23 heavy (non-hydrogen) atoms. The molecule has 1 aliphatic carbocycles. The lowest BCUT2D eigenvalue weighted by Crippen LogP contribution is -2.32. The van der Waals surface area contributed by atoms with E-state index in [2.05, 4.69) is 65.6 Å². The van der Waals surface area contributed by atoms with Crippen molar-refractivity contribution in [2.45, 2.75) is 18.9 Å². The normalized spacial score (nSPS) is 23.3. The molecule has 0 N–H and O–H groups in total. The van der Waals surface area contributed by atoms with Gasteiger partial charge in [0.05, 0.1) is 6.04 Å². The lowest BCUT2D eigenvalue weighted by Gasteiger charge is -2.29. The summed E-state index contributed by atoms with van der Waals surface area (Å²) in [5, 5.41) is 0. The van der Waals surface area contributed by atoms with E-state index in [1.54, 1.807) is 0 Å². The average Bonchev–Trinajstić information content (AvgIpc) is 2.94. The lowest BCUT2D eigenvalue weighted by molar-refractivity contribution is -0.132. The van der Waals surface area contributed by atoms with E-state index >= 15 is 0 Å². The molecule has 1 amide bonds. The van der Waals surface area contributed by atoms with Crippen LogP contribution in [0.25, 0.3) is 0 Å². The van der Waals surface area contributed by atoms with E-state index in [1.807, 2.05) is 12.1 Å². The molecule has 2 aromatic carbocycles. The molecule has 1 saturated heterocycles. The third-order valence-electron chi connectivity index (χ3n) is 5.09.